The van der Waals surface area contributed by atoms with Crippen LogP contribution >= 0.6 is 11.8 Å². The van der Waals surface area contributed by atoms with Crippen molar-refractivity contribution < 1.29 is 14.3 Å². The number of carbonyl (C=O) groups excluding carboxylic acids is 2. The Bertz CT molecular complexity index is 819. The van der Waals surface area contributed by atoms with Gasteiger partial charge in [0, 0.05) is 17.8 Å². The Hall–Kier alpha value is -2.47. The normalized spacial score (nSPS) is 16.5. The molecule has 2 amide bonds. The molecule has 0 spiro atoms. The van der Waals surface area contributed by atoms with Crippen molar-refractivity contribution in [2.75, 3.05) is 22.6 Å². The zero-order valence-electron chi connectivity index (χ0n) is 16.5. The van der Waals surface area contributed by atoms with E-state index in [0.717, 1.165) is 22.7 Å². The van der Waals surface area contributed by atoms with E-state index in [-0.39, 0.29) is 17.2 Å². The van der Waals surface area contributed by atoms with Crippen LogP contribution in [0.5, 0.6) is 5.75 Å². The van der Waals surface area contributed by atoms with Crippen LogP contribution in [0.15, 0.2) is 48.5 Å². The number of benzene rings is 2. The highest BCUT2D eigenvalue weighted by Crippen LogP contribution is 2.42. The maximum Gasteiger partial charge on any atom is 0.238 e. The summed E-state index contributed by atoms with van der Waals surface area (Å²) in [5, 5.41) is 2.84. The molecule has 2 aromatic rings. The fourth-order valence-electron chi connectivity index (χ4n) is 3.13. The van der Waals surface area contributed by atoms with Gasteiger partial charge in [-0.3, -0.25) is 14.5 Å². The Balaban J connectivity index is 1.74. The Labute approximate surface area is 170 Å². The van der Waals surface area contributed by atoms with E-state index in [1.165, 1.54) is 0 Å². The first-order valence-electron chi connectivity index (χ1n) is 9.54. The van der Waals surface area contributed by atoms with Crippen LogP contribution in [0.2, 0.25) is 0 Å². The van der Waals surface area contributed by atoms with Crippen molar-refractivity contribution in [3.05, 3.63) is 54.1 Å². The SMILES string of the molecule is CCOc1ccc(N2C(=O)CS[C@H]2c2ccc(NC(=O)CC(C)C)cc2)cc1. The maximum atomic E-state index is 12.5. The first-order valence-corrected chi connectivity index (χ1v) is 10.6. The second-order valence-corrected chi connectivity index (χ2v) is 8.19. The third kappa shape index (κ3) is 4.87. The lowest BCUT2D eigenvalue weighted by atomic mass is 10.1. The van der Waals surface area contributed by atoms with Crippen LogP contribution < -0.4 is 15.0 Å². The summed E-state index contributed by atoms with van der Waals surface area (Å²) < 4.78 is 5.49. The molecule has 3 rings (SSSR count). The van der Waals surface area contributed by atoms with Gasteiger partial charge < -0.3 is 10.1 Å². The summed E-state index contributed by atoms with van der Waals surface area (Å²) in [4.78, 5) is 26.3. The molecule has 1 aliphatic heterocycles. The molecule has 1 saturated heterocycles. The molecular weight excluding hydrogens is 372 g/mol. The highest BCUT2D eigenvalue weighted by molar-refractivity contribution is 8.00. The first kappa shape index (κ1) is 20.3. The molecule has 1 N–H and O–H groups in total. The minimum atomic E-state index is -0.0779. The molecule has 2 aromatic carbocycles. The number of anilines is 2. The van der Waals surface area contributed by atoms with Gasteiger partial charge in [0.2, 0.25) is 11.8 Å². The molecule has 0 aliphatic carbocycles. The minimum absolute atomic E-state index is 0.0178. The second-order valence-electron chi connectivity index (χ2n) is 7.12. The lowest BCUT2D eigenvalue weighted by Crippen LogP contribution is -2.27. The standard InChI is InChI=1S/C22H26N2O3S/c1-4-27-19-11-9-18(10-12-19)24-21(26)14-28-22(24)16-5-7-17(8-6-16)23-20(25)13-15(2)3/h5-12,15,22H,4,13-14H2,1-3H3,(H,23,25)/t22-/m0/s1. The molecule has 28 heavy (non-hydrogen) atoms. The average Bonchev–Trinajstić information content (AvgIpc) is 3.04. The van der Waals surface area contributed by atoms with Crippen molar-refractivity contribution in [3.63, 3.8) is 0 Å². The summed E-state index contributed by atoms with van der Waals surface area (Å²) in [7, 11) is 0. The molecule has 1 aliphatic rings. The molecule has 1 fully saturated rings. The lowest BCUT2D eigenvalue weighted by molar-refractivity contribution is -0.117. The monoisotopic (exact) mass is 398 g/mol. The number of carbonyl (C=O) groups is 2. The summed E-state index contributed by atoms with van der Waals surface area (Å²) in [5.74, 6) is 1.68. The van der Waals surface area contributed by atoms with Crippen LogP contribution in [0.25, 0.3) is 0 Å². The molecule has 0 radical (unpaired) electrons. The van der Waals surface area contributed by atoms with Crippen molar-refractivity contribution >= 4 is 35.0 Å². The van der Waals surface area contributed by atoms with Crippen LogP contribution in [0, 0.1) is 5.92 Å². The van der Waals surface area contributed by atoms with E-state index in [1.54, 1.807) is 11.8 Å². The summed E-state index contributed by atoms with van der Waals surface area (Å²) in [6.07, 6.45) is 0.500. The van der Waals surface area contributed by atoms with Crippen molar-refractivity contribution in [2.45, 2.75) is 32.6 Å². The van der Waals surface area contributed by atoms with Gasteiger partial charge in [0.1, 0.15) is 11.1 Å². The van der Waals surface area contributed by atoms with Crippen molar-refractivity contribution in [1.82, 2.24) is 0 Å². The summed E-state index contributed by atoms with van der Waals surface area (Å²) in [5.41, 5.74) is 2.67. The zero-order valence-corrected chi connectivity index (χ0v) is 17.3. The molecule has 0 bridgehead atoms. The van der Waals surface area contributed by atoms with E-state index in [1.807, 2.05) is 74.2 Å². The summed E-state index contributed by atoms with van der Waals surface area (Å²) in [6, 6.07) is 15.4. The maximum absolute atomic E-state index is 12.5. The van der Waals surface area contributed by atoms with Crippen LogP contribution in [0.3, 0.4) is 0 Å². The quantitative estimate of drug-likeness (QED) is 0.724. The van der Waals surface area contributed by atoms with E-state index < -0.39 is 0 Å². The number of ether oxygens (including phenoxy) is 1. The number of nitrogens with one attached hydrogen (secondary N) is 1. The molecule has 1 atom stereocenters. The Morgan fingerprint density at radius 1 is 1.18 bits per heavy atom. The smallest absolute Gasteiger partial charge is 0.238 e. The molecule has 0 unspecified atom stereocenters. The van der Waals surface area contributed by atoms with Gasteiger partial charge in [0.05, 0.1) is 12.4 Å². The van der Waals surface area contributed by atoms with E-state index in [0.29, 0.717) is 24.7 Å². The van der Waals surface area contributed by atoms with E-state index in [9.17, 15) is 9.59 Å². The summed E-state index contributed by atoms with van der Waals surface area (Å²) in [6.45, 7) is 6.60. The molecule has 0 aromatic heterocycles. The number of hydrogen-bond donors (Lipinski definition) is 1. The molecule has 148 valence electrons. The third-order valence-electron chi connectivity index (χ3n) is 4.37. The Morgan fingerprint density at radius 2 is 1.86 bits per heavy atom. The fourth-order valence-corrected chi connectivity index (χ4v) is 4.31. The van der Waals surface area contributed by atoms with Gasteiger partial charge in [-0.25, -0.2) is 0 Å². The molecule has 5 nitrogen and oxygen atoms in total. The van der Waals surface area contributed by atoms with Gasteiger partial charge in [0.25, 0.3) is 0 Å². The number of amides is 2. The van der Waals surface area contributed by atoms with Gasteiger partial charge in [-0.15, -0.1) is 11.8 Å². The van der Waals surface area contributed by atoms with Crippen LogP contribution in [-0.4, -0.2) is 24.2 Å². The Morgan fingerprint density at radius 3 is 2.46 bits per heavy atom. The predicted molar refractivity (Wildman–Crippen MR) is 115 cm³/mol. The van der Waals surface area contributed by atoms with Gasteiger partial charge in [0.15, 0.2) is 0 Å². The molecule has 1 heterocycles. The van der Waals surface area contributed by atoms with Crippen LogP contribution in [0.1, 0.15) is 38.1 Å². The van der Waals surface area contributed by atoms with E-state index in [2.05, 4.69) is 5.32 Å². The predicted octanol–water partition coefficient (Wildman–Crippen LogP) is 4.85. The van der Waals surface area contributed by atoms with Crippen molar-refractivity contribution in [3.8, 4) is 5.75 Å². The molecule has 0 saturated carbocycles. The second kappa shape index (κ2) is 9.15. The third-order valence-corrected chi connectivity index (χ3v) is 5.58. The fraction of sp³-hybridized carbons (Fsp3) is 0.364. The highest BCUT2D eigenvalue weighted by Gasteiger charge is 2.34. The molecular formula is C22H26N2O3S. The zero-order chi connectivity index (χ0) is 20.1. The number of nitrogens with zero attached hydrogens (tertiary/aromatic N) is 1. The summed E-state index contributed by atoms with van der Waals surface area (Å²) >= 11 is 1.61. The topological polar surface area (TPSA) is 58.6 Å². The lowest BCUT2D eigenvalue weighted by Gasteiger charge is -2.24. The minimum Gasteiger partial charge on any atom is -0.494 e. The molecule has 6 heteroatoms. The van der Waals surface area contributed by atoms with Crippen molar-refractivity contribution in [2.24, 2.45) is 5.92 Å². The number of thioether (sulfide) groups is 1. The van der Waals surface area contributed by atoms with Crippen molar-refractivity contribution in [1.29, 1.82) is 0 Å². The van der Waals surface area contributed by atoms with Gasteiger partial charge in [-0.2, -0.15) is 0 Å². The van der Waals surface area contributed by atoms with Gasteiger partial charge in [-0.1, -0.05) is 26.0 Å². The highest BCUT2D eigenvalue weighted by atomic mass is 32.2. The van der Waals surface area contributed by atoms with Crippen LogP contribution in [-0.2, 0) is 9.59 Å². The van der Waals surface area contributed by atoms with Gasteiger partial charge >= 0.3 is 0 Å². The largest absolute Gasteiger partial charge is 0.494 e. The Kier molecular flexibility index (Phi) is 6.62. The average molecular weight is 399 g/mol. The van der Waals surface area contributed by atoms with E-state index in [4.69, 9.17) is 4.74 Å². The first-order chi connectivity index (χ1) is 13.5. The van der Waals surface area contributed by atoms with Gasteiger partial charge in [-0.05, 0) is 54.8 Å². The van der Waals surface area contributed by atoms with E-state index >= 15 is 0 Å². The number of rotatable bonds is 7. The van der Waals surface area contributed by atoms with Crippen LogP contribution in [0.4, 0.5) is 11.4 Å². The number of hydrogen-bond acceptors (Lipinski definition) is 4.